The summed E-state index contributed by atoms with van der Waals surface area (Å²) in [6.07, 6.45) is 2.05. The molecule has 0 aliphatic carbocycles. The highest BCUT2D eigenvalue weighted by Crippen LogP contribution is 2.21. The molecule has 0 saturated heterocycles. The maximum atomic E-state index is 14.0. The molecule has 3 rings (SSSR count). The summed E-state index contributed by atoms with van der Waals surface area (Å²) in [5, 5.41) is 3.51. The van der Waals surface area contributed by atoms with E-state index in [2.05, 4.69) is 5.32 Å². The quantitative estimate of drug-likeness (QED) is 0.352. The molecule has 0 aliphatic heterocycles. The van der Waals surface area contributed by atoms with E-state index in [0.29, 0.717) is 10.7 Å². The van der Waals surface area contributed by atoms with Crippen LogP contribution in [0.1, 0.15) is 31.4 Å². The standard InChI is InChI=1S/C29H34ClN3O4S/c1-4-22(2)31-29(35)27(19-23-12-7-5-8-13-23)32(20-24-14-11-15-25(30)18-24)28(34)21-33(38(3,36)37)26-16-9-6-10-17-26/h5-18,22,27H,4,19-21H2,1-3H3,(H,31,35). The van der Waals surface area contributed by atoms with Crippen LogP contribution in [-0.4, -0.2) is 50.0 Å². The lowest BCUT2D eigenvalue weighted by Crippen LogP contribution is -2.54. The molecule has 7 nitrogen and oxygen atoms in total. The van der Waals surface area contributed by atoms with E-state index >= 15 is 0 Å². The second-order valence-corrected chi connectivity index (χ2v) is 11.6. The Labute approximate surface area is 230 Å². The number of rotatable bonds is 12. The molecular weight excluding hydrogens is 522 g/mol. The lowest BCUT2D eigenvalue weighted by molar-refractivity contribution is -0.140. The third-order valence-electron chi connectivity index (χ3n) is 6.24. The van der Waals surface area contributed by atoms with Crippen molar-refractivity contribution in [1.29, 1.82) is 0 Å². The van der Waals surface area contributed by atoms with E-state index in [9.17, 15) is 18.0 Å². The summed E-state index contributed by atoms with van der Waals surface area (Å²) in [6.45, 7) is 3.50. The van der Waals surface area contributed by atoms with Crippen molar-refractivity contribution in [3.8, 4) is 0 Å². The molecule has 0 aliphatic rings. The smallest absolute Gasteiger partial charge is 0.244 e. The first-order valence-electron chi connectivity index (χ1n) is 12.5. The van der Waals surface area contributed by atoms with Gasteiger partial charge in [0.2, 0.25) is 21.8 Å². The number of anilines is 1. The molecule has 2 atom stereocenters. The Morgan fingerprint density at radius 1 is 0.921 bits per heavy atom. The number of amides is 2. The molecule has 0 aromatic heterocycles. The van der Waals surface area contributed by atoms with E-state index in [-0.39, 0.29) is 24.9 Å². The van der Waals surface area contributed by atoms with E-state index < -0.39 is 28.5 Å². The van der Waals surface area contributed by atoms with Gasteiger partial charge in [0.15, 0.2) is 0 Å². The first-order chi connectivity index (χ1) is 18.1. The van der Waals surface area contributed by atoms with Crippen LogP contribution in [0.3, 0.4) is 0 Å². The minimum atomic E-state index is -3.79. The molecular formula is C29H34ClN3O4S. The van der Waals surface area contributed by atoms with Gasteiger partial charge in [0.05, 0.1) is 11.9 Å². The van der Waals surface area contributed by atoms with Crippen LogP contribution in [0.2, 0.25) is 5.02 Å². The van der Waals surface area contributed by atoms with Gasteiger partial charge in [-0.2, -0.15) is 0 Å². The number of halogens is 1. The second kappa shape index (κ2) is 13.4. The van der Waals surface area contributed by atoms with Gasteiger partial charge in [-0.05, 0) is 48.7 Å². The average Bonchev–Trinajstić information content (AvgIpc) is 2.89. The number of nitrogens with zero attached hydrogens (tertiary/aromatic N) is 2. The van der Waals surface area contributed by atoms with Crippen LogP contribution in [0.4, 0.5) is 5.69 Å². The van der Waals surface area contributed by atoms with Gasteiger partial charge in [0.1, 0.15) is 12.6 Å². The number of hydrogen-bond acceptors (Lipinski definition) is 4. The molecule has 9 heteroatoms. The number of carbonyl (C=O) groups is 2. The Morgan fingerprint density at radius 2 is 1.53 bits per heavy atom. The summed E-state index contributed by atoms with van der Waals surface area (Å²) in [4.78, 5) is 29.0. The van der Waals surface area contributed by atoms with Gasteiger partial charge in [0, 0.05) is 24.0 Å². The largest absolute Gasteiger partial charge is 0.352 e. The molecule has 0 bridgehead atoms. The van der Waals surface area contributed by atoms with Crippen LogP contribution in [0, 0.1) is 0 Å². The third kappa shape index (κ3) is 8.33. The summed E-state index contributed by atoms with van der Waals surface area (Å²) in [6, 6.07) is 24.0. The maximum absolute atomic E-state index is 14.0. The van der Waals surface area contributed by atoms with Crippen molar-refractivity contribution >= 4 is 39.1 Å². The zero-order valence-corrected chi connectivity index (χ0v) is 23.5. The van der Waals surface area contributed by atoms with E-state index in [1.807, 2.05) is 50.2 Å². The minimum Gasteiger partial charge on any atom is -0.352 e. The van der Waals surface area contributed by atoms with Crippen LogP contribution < -0.4 is 9.62 Å². The average molecular weight is 556 g/mol. The van der Waals surface area contributed by atoms with Crippen LogP contribution in [-0.2, 0) is 32.6 Å². The Bertz CT molecular complexity index is 1320. The molecule has 0 radical (unpaired) electrons. The highest BCUT2D eigenvalue weighted by Gasteiger charge is 2.33. The monoisotopic (exact) mass is 555 g/mol. The second-order valence-electron chi connectivity index (χ2n) is 9.28. The van der Waals surface area contributed by atoms with E-state index in [0.717, 1.165) is 28.1 Å². The minimum absolute atomic E-state index is 0.0806. The number of sulfonamides is 1. The molecule has 0 heterocycles. The first-order valence-corrected chi connectivity index (χ1v) is 14.7. The van der Waals surface area contributed by atoms with Gasteiger partial charge in [-0.1, -0.05) is 79.2 Å². The summed E-state index contributed by atoms with van der Waals surface area (Å²) in [5.74, 6) is -0.802. The maximum Gasteiger partial charge on any atom is 0.244 e. The fourth-order valence-electron chi connectivity index (χ4n) is 4.04. The Kier molecular flexibility index (Phi) is 10.3. The molecule has 202 valence electrons. The van der Waals surface area contributed by atoms with Crippen molar-refractivity contribution in [2.45, 2.75) is 45.3 Å². The van der Waals surface area contributed by atoms with E-state index in [1.165, 1.54) is 4.90 Å². The van der Waals surface area contributed by atoms with Crippen LogP contribution in [0.15, 0.2) is 84.9 Å². The van der Waals surface area contributed by atoms with Crippen molar-refractivity contribution in [3.05, 3.63) is 101 Å². The van der Waals surface area contributed by atoms with Crippen molar-refractivity contribution in [1.82, 2.24) is 10.2 Å². The number of hydrogen-bond donors (Lipinski definition) is 1. The fourth-order valence-corrected chi connectivity index (χ4v) is 5.10. The van der Waals surface area contributed by atoms with Gasteiger partial charge >= 0.3 is 0 Å². The predicted molar refractivity (Wildman–Crippen MR) is 152 cm³/mol. The van der Waals surface area contributed by atoms with Crippen LogP contribution in [0.25, 0.3) is 0 Å². The van der Waals surface area contributed by atoms with Crippen molar-refractivity contribution < 1.29 is 18.0 Å². The summed E-state index contributed by atoms with van der Waals surface area (Å²) in [7, 11) is -3.79. The lowest BCUT2D eigenvalue weighted by atomic mass is 10.0. The highest BCUT2D eigenvalue weighted by atomic mass is 35.5. The zero-order chi connectivity index (χ0) is 27.7. The van der Waals surface area contributed by atoms with Crippen LogP contribution in [0.5, 0.6) is 0 Å². The summed E-state index contributed by atoms with van der Waals surface area (Å²) in [5.41, 5.74) is 1.98. The summed E-state index contributed by atoms with van der Waals surface area (Å²) >= 11 is 6.22. The van der Waals surface area contributed by atoms with Gasteiger partial charge in [0.25, 0.3) is 0 Å². The molecule has 3 aromatic rings. The normalized spacial score (nSPS) is 12.8. The highest BCUT2D eigenvalue weighted by molar-refractivity contribution is 7.92. The van der Waals surface area contributed by atoms with Gasteiger partial charge < -0.3 is 10.2 Å². The van der Waals surface area contributed by atoms with Crippen molar-refractivity contribution in [3.63, 3.8) is 0 Å². The van der Waals surface area contributed by atoms with Crippen molar-refractivity contribution in [2.75, 3.05) is 17.1 Å². The van der Waals surface area contributed by atoms with Gasteiger partial charge in [-0.3, -0.25) is 13.9 Å². The SMILES string of the molecule is CCC(C)NC(=O)C(Cc1ccccc1)N(Cc1cccc(Cl)c1)C(=O)CN(c1ccccc1)S(C)(=O)=O. The zero-order valence-electron chi connectivity index (χ0n) is 21.9. The Morgan fingerprint density at radius 3 is 2.11 bits per heavy atom. The number of para-hydroxylation sites is 1. The predicted octanol–water partition coefficient (Wildman–Crippen LogP) is 4.66. The molecule has 2 amide bonds. The van der Waals surface area contributed by atoms with E-state index in [4.69, 9.17) is 11.6 Å². The van der Waals surface area contributed by atoms with Gasteiger partial charge in [-0.15, -0.1) is 0 Å². The number of nitrogens with one attached hydrogen (secondary N) is 1. The molecule has 38 heavy (non-hydrogen) atoms. The van der Waals surface area contributed by atoms with Gasteiger partial charge in [-0.25, -0.2) is 8.42 Å². The molecule has 0 spiro atoms. The molecule has 0 fully saturated rings. The topological polar surface area (TPSA) is 86.8 Å². The number of carbonyl (C=O) groups excluding carboxylic acids is 2. The fraction of sp³-hybridized carbons (Fsp3) is 0.310. The Balaban J connectivity index is 2.04. The van der Waals surface area contributed by atoms with E-state index in [1.54, 1.807) is 48.5 Å². The molecule has 0 saturated carbocycles. The lowest BCUT2D eigenvalue weighted by Gasteiger charge is -2.34. The van der Waals surface area contributed by atoms with Crippen LogP contribution >= 0.6 is 11.6 Å². The third-order valence-corrected chi connectivity index (χ3v) is 7.61. The molecule has 2 unspecified atom stereocenters. The molecule has 1 N–H and O–H groups in total. The number of benzene rings is 3. The van der Waals surface area contributed by atoms with Crippen molar-refractivity contribution in [2.24, 2.45) is 0 Å². The Hall–Kier alpha value is -3.36. The summed E-state index contributed by atoms with van der Waals surface area (Å²) < 4.78 is 26.5. The molecule has 3 aromatic carbocycles. The first kappa shape index (κ1) is 29.2.